The molecule has 1 aliphatic heterocycles. The Morgan fingerprint density at radius 2 is 1.92 bits per heavy atom. The topological polar surface area (TPSA) is 53.5 Å². The number of aryl methyl sites for hydroxylation is 1. The maximum atomic E-state index is 11.6. The van der Waals surface area contributed by atoms with Gasteiger partial charge in [-0.15, -0.1) is 0 Å². The molecule has 0 saturated carbocycles. The van der Waals surface area contributed by atoms with Crippen LogP contribution in [0, 0.1) is 6.92 Å². The van der Waals surface area contributed by atoms with Crippen LogP contribution in [-0.2, 0) is 10.2 Å². The predicted molar refractivity (Wildman–Crippen MR) is 98.6 cm³/mol. The number of rotatable bonds is 5. The molecule has 24 heavy (non-hydrogen) atoms. The quantitative estimate of drug-likeness (QED) is 0.496. The Hall–Kier alpha value is -2.88. The molecule has 0 saturated heterocycles. The van der Waals surface area contributed by atoms with Crippen molar-refractivity contribution in [1.29, 1.82) is 0 Å². The summed E-state index contributed by atoms with van der Waals surface area (Å²) in [5.74, 6) is 0. The van der Waals surface area contributed by atoms with Crippen LogP contribution in [0.15, 0.2) is 65.3 Å². The van der Waals surface area contributed by atoms with Crippen LogP contribution in [0.4, 0.5) is 11.4 Å². The predicted octanol–water partition coefficient (Wildman–Crippen LogP) is 4.06. The van der Waals surface area contributed by atoms with Crippen LogP contribution in [0.1, 0.15) is 25.0 Å². The van der Waals surface area contributed by atoms with Crippen molar-refractivity contribution >= 4 is 23.4 Å². The monoisotopic (exact) mass is 319 g/mol. The standard InChI is InChI=1S/C20H21N3O/c1-14-7-6-8-16(11-14)23-21-12-15(13-24)19-20(2,3)17-9-4-5-10-18(17)22-19/h4-13,21,23H,1-3H3/b15-12+. The zero-order valence-electron chi connectivity index (χ0n) is 14.1. The first kappa shape index (κ1) is 16.0. The number of fused-ring (bicyclic) bond motifs is 1. The van der Waals surface area contributed by atoms with Crippen molar-refractivity contribution in [2.45, 2.75) is 26.2 Å². The fourth-order valence-corrected chi connectivity index (χ4v) is 2.99. The number of benzene rings is 2. The van der Waals surface area contributed by atoms with Gasteiger partial charge in [-0.2, -0.15) is 0 Å². The number of hydrazine groups is 1. The van der Waals surface area contributed by atoms with Crippen LogP contribution in [-0.4, -0.2) is 12.0 Å². The Balaban J connectivity index is 1.81. The highest BCUT2D eigenvalue weighted by Gasteiger charge is 2.36. The first-order valence-electron chi connectivity index (χ1n) is 7.95. The van der Waals surface area contributed by atoms with Crippen LogP contribution < -0.4 is 10.9 Å². The van der Waals surface area contributed by atoms with Crippen LogP contribution in [0.2, 0.25) is 0 Å². The molecular weight excluding hydrogens is 298 g/mol. The second-order valence-electron chi connectivity index (χ2n) is 6.46. The summed E-state index contributed by atoms with van der Waals surface area (Å²) >= 11 is 0. The van der Waals surface area contributed by atoms with E-state index >= 15 is 0 Å². The SMILES string of the molecule is Cc1cccc(NN/C=C(\C=O)C2=Nc3ccccc3C2(C)C)c1. The van der Waals surface area contributed by atoms with Crippen LogP contribution in [0.3, 0.4) is 0 Å². The van der Waals surface area contributed by atoms with E-state index in [0.717, 1.165) is 34.5 Å². The largest absolute Gasteiger partial charge is 0.307 e. The molecule has 122 valence electrons. The van der Waals surface area contributed by atoms with E-state index in [-0.39, 0.29) is 5.41 Å². The highest BCUT2D eigenvalue weighted by molar-refractivity contribution is 6.22. The molecule has 4 nitrogen and oxygen atoms in total. The number of aliphatic imine (C=N–C) groups is 1. The van der Waals surface area contributed by atoms with Gasteiger partial charge in [-0.25, -0.2) is 0 Å². The third-order valence-electron chi connectivity index (χ3n) is 4.26. The number of carbonyl (C=O) groups is 1. The maximum absolute atomic E-state index is 11.6. The highest BCUT2D eigenvalue weighted by atomic mass is 16.1. The summed E-state index contributed by atoms with van der Waals surface area (Å²) in [6.45, 7) is 6.21. The van der Waals surface area contributed by atoms with Gasteiger partial charge < -0.3 is 10.9 Å². The van der Waals surface area contributed by atoms with Gasteiger partial charge in [0.05, 0.1) is 22.7 Å². The van der Waals surface area contributed by atoms with Crippen molar-refractivity contribution < 1.29 is 4.79 Å². The number of hydrogen-bond donors (Lipinski definition) is 2. The number of hydrogen-bond acceptors (Lipinski definition) is 4. The van der Waals surface area contributed by atoms with Gasteiger partial charge >= 0.3 is 0 Å². The van der Waals surface area contributed by atoms with Crippen molar-refractivity contribution in [1.82, 2.24) is 5.43 Å². The summed E-state index contributed by atoms with van der Waals surface area (Å²) in [5, 5.41) is 0. The minimum atomic E-state index is -0.297. The minimum absolute atomic E-state index is 0.297. The number of nitrogens with zero attached hydrogens (tertiary/aromatic N) is 1. The Morgan fingerprint density at radius 3 is 2.62 bits per heavy atom. The van der Waals surface area contributed by atoms with Crippen LogP contribution in [0.5, 0.6) is 0 Å². The number of anilines is 1. The smallest absolute Gasteiger partial charge is 0.153 e. The van der Waals surface area contributed by atoms with Crippen LogP contribution in [0.25, 0.3) is 0 Å². The van der Waals surface area contributed by atoms with Crippen molar-refractivity contribution in [2.24, 2.45) is 4.99 Å². The van der Waals surface area contributed by atoms with E-state index in [4.69, 9.17) is 0 Å². The molecule has 0 spiro atoms. The first-order chi connectivity index (χ1) is 11.5. The van der Waals surface area contributed by atoms with E-state index in [9.17, 15) is 4.79 Å². The molecule has 3 rings (SSSR count). The Kier molecular flexibility index (Phi) is 4.21. The average molecular weight is 319 g/mol. The van der Waals surface area contributed by atoms with Crippen molar-refractivity contribution in [3.63, 3.8) is 0 Å². The first-order valence-corrected chi connectivity index (χ1v) is 7.95. The molecule has 0 bridgehead atoms. The van der Waals surface area contributed by atoms with Gasteiger partial charge in [0.15, 0.2) is 6.29 Å². The molecule has 0 atom stereocenters. The number of para-hydroxylation sites is 1. The molecular formula is C20H21N3O. The van der Waals surface area contributed by atoms with E-state index in [0.29, 0.717) is 5.57 Å². The van der Waals surface area contributed by atoms with Crippen molar-refractivity contribution in [2.75, 3.05) is 5.43 Å². The number of carbonyl (C=O) groups excluding carboxylic acids is 1. The molecule has 2 aromatic rings. The van der Waals surface area contributed by atoms with Gasteiger partial charge in [0, 0.05) is 11.6 Å². The Morgan fingerprint density at radius 1 is 1.12 bits per heavy atom. The fraction of sp³-hybridized carbons (Fsp3) is 0.200. The number of aldehydes is 1. The summed E-state index contributed by atoms with van der Waals surface area (Å²) in [6, 6.07) is 16.0. The van der Waals surface area contributed by atoms with E-state index in [2.05, 4.69) is 35.8 Å². The molecule has 4 heteroatoms. The Bertz CT molecular complexity index is 834. The molecule has 0 amide bonds. The molecule has 2 aromatic carbocycles. The van der Waals surface area contributed by atoms with Crippen molar-refractivity contribution in [3.05, 3.63) is 71.4 Å². The third kappa shape index (κ3) is 2.95. The van der Waals surface area contributed by atoms with Gasteiger partial charge in [-0.3, -0.25) is 9.79 Å². The van der Waals surface area contributed by atoms with E-state index in [1.807, 2.05) is 49.4 Å². The van der Waals surface area contributed by atoms with E-state index in [1.165, 1.54) is 0 Å². The number of allylic oxidation sites excluding steroid dienone is 1. The van der Waals surface area contributed by atoms with Crippen molar-refractivity contribution in [3.8, 4) is 0 Å². The van der Waals surface area contributed by atoms with E-state index in [1.54, 1.807) is 6.20 Å². The summed E-state index contributed by atoms with van der Waals surface area (Å²) in [5.41, 5.74) is 11.3. The molecule has 1 heterocycles. The normalized spacial score (nSPS) is 15.5. The molecule has 2 N–H and O–H groups in total. The lowest BCUT2D eigenvalue weighted by Gasteiger charge is -2.22. The zero-order chi connectivity index (χ0) is 17.2. The fourth-order valence-electron chi connectivity index (χ4n) is 2.99. The Labute approximate surface area is 142 Å². The molecule has 1 aliphatic rings. The summed E-state index contributed by atoms with van der Waals surface area (Å²) in [7, 11) is 0. The molecule has 0 fully saturated rings. The molecule has 0 radical (unpaired) electrons. The molecule has 0 unspecified atom stereocenters. The minimum Gasteiger partial charge on any atom is -0.307 e. The van der Waals surface area contributed by atoms with Gasteiger partial charge in [-0.1, -0.05) is 44.2 Å². The van der Waals surface area contributed by atoms with Gasteiger partial charge in [0.1, 0.15) is 0 Å². The maximum Gasteiger partial charge on any atom is 0.153 e. The number of nitrogens with one attached hydrogen (secondary N) is 2. The summed E-state index contributed by atoms with van der Waals surface area (Å²) in [4.78, 5) is 16.3. The summed E-state index contributed by atoms with van der Waals surface area (Å²) < 4.78 is 0. The highest BCUT2D eigenvalue weighted by Crippen LogP contribution is 2.41. The summed E-state index contributed by atoms with van der Waals surface area (Å²) in [6.07, 6.45) is 2.51. The zero-order valence-corrected chi connectivity index (χ0v) is 14.1. The van der Waals surface area contributed by atoms with E-state index < -0.39 is 0 Å². The lowest BCUT2D eigenvalue weighted by molar-refractivity contribution is -0.104. The molecule has 0 aromatic heterocycles. The van der Waals surface area contributed by atoms with Gasteiger partial charge in [0.2, 0.25) is 0 Å². The second-order valence-corrected chi connectivity index (χ2v) is 6.46. The van der Waals surface area contributed by atoms with Crippen LogP contribution >= 0.6 is 0 Å². The lowest BCUT2D eigenvalue weighted by Crippen LogP contribution is -2.29. The van der Waals surface area contributed by atoms with Gasteiger partial charge in [-0.05, 0) is 36.2 Å². The third-order valence-corrected chi connectivity index (χ3v) is 4.26. The van der Waals surface area contributed by atoms with Gasteiger partial charge in [0.25, 0.3) is 0 Å². The molecule has 0 aliphatic carbocycles. The average Bonchev–Trinajstić information content (AvgIpc) is 2.83. The lowest BCUT2D eigenvalue weighted by atomic mass is 9.79. The second kappa shape index (κ2) is 6.32.